The van der Waals surface area contributed by atoms with Gasteiger partial charge in [0, 0.05) is 28.7 Å². The zero-order valence-electron chi connectivity index (χ0n) is 15.7. The summed E-state index contributed by atoms with van der Waals surface area (Å²) < 4.78 is 0. The molecule has 0 atom stereocenters. The maximum Gasteiger partial charge on any atom is 0.141 e. The van der Waals surface area contributed by atoms with Crippen LogP contribution in [0, 0.1) is 5.92 Å². The number of halogens is 1. The number of aromatic amines is 1. The van der Waals surface area contributed by atoms with Gasteiger partial charge >= 0.3 is 0 Å². The Morgan fingerprint density at radius 3 is 2.75 bits per heavy atom. The lowest BCUT2D eigenvalue weighted by atomic mass is 9.83. The van der Waals surface area contributed by atoms with Crippen LogP contribution in [0.2, 0.25) is 5.02 Å². The predicted octanol–water partition coefficient (Wildman–Crippen LogP) is 3.73. The first-order valence-electron chi connectivity index (χ1n) is 10.0. The molecule has 28 heavy (non-hydrogen) atoms. The monoisotopic (exact) mass is 396 g/mol. The van der Waals surface area contributed by atoms with Gasteiger partial charge in [-0.2, -0.15) is 0 Å². The largest absolute Gasteiger partial charge is 0.346 e. The zero-order chi connectivity index (χ0) is 18.9. The molecule has 2 aromatic rings. The lowest BCUT2D eigenvalue weighted by Crippen LogP contribution is -2.39. The van der Waals surface area contributed by atoms with Crippen molar-refractivity contribution in [2.45, 2.75) is 38.1 Å². The van der Waals surface area contributed by atoms with Gasteiger partial charge in [0.2, 0.25) is 0 Å². The number of H-pyrrole nitrogens is 1. The second-order valence-electron chi connectivity index (χ2n) is 7.73. The number of hydrogen-bond acceptors (Lipinski definition) is 5. The number of hydrogen-bond donors (Lipinski definition) is 4. The van der Waals surface area contributed by atoms with E-state index >= 15 is 0 Å². The molecule has 1 aromatic carbocycles. The molecule has 1 saturated carbocycles. The molecular formula is C21H25ClN6. The molecule has 3 aliphatic rings. The summed E-state index contributed by atoms with van der Waals surface area (Å²) in [6.07, 6.45) is 9.62. The van der Waals surface area contributed by atoms with Crippen LogP contribution >= 0.6 is 11.6 Å². The van der Waals surface area contributed by atoms with Crippen LogP contribution in [0.15, 0.2) is 47.2 Å². The molecule has 4 N–H and O–H groups in total. The second kappa shape index (κ2) is 7.62. The van der Waals surface area contributed by atoms with Gasteiger partial charge in [0.25, 0.3) is 0 Å². The quantitative estimate of drug-likeness (QED) is 0.621. The fraction of sp³-hybridized carbons (Fsp3) is 0.381. The molecular weight excluding hydrogens is 372 g/mol. The van der Waals surface area contributed by atoms with Crippen LogP contribution in [0.5, 0.6) is 0 Å². The van der Waals surface area contributed by atoms with E-state index in [-0.39, 0.29) is 0 Å². The Bertz CT molecular complexity index is 892. The highest BCUT2D eigenvalue weighted by Crippen LogP contribution is 2.39. The smallest absolute Gasteiger partial charge is 0.141 e. The van der Waals surface area contributed by atoms with E-state index in [2.05, 4.69) is 44.5 Å². The number of benzene rings is 1. The Kier molecular flexibility index (Phi) is 4.84. The van der Waals surface area contributed by atoms with Gasteiger partial charge in [-0.1, -0.05) is 23.7 Å². The second-order valence-corrected chi connectivity index (χ2v) is 8.17. The molecule has 6 nitrogen and oxygen atoms in total. The third kappa shape index (κ3) is 3.43. The lowest BCUT2D eigenvalue weighted by Gasteiger charge is -2.30. The number of hydrazine groups is 2. The third-order valence-corrected chi connectivity index (χ3v) is 6.24. The van der Waals surface area contributed by atoms with E-state index in [9.17, 15) is 0 Å². The Hall–Kier alpha value is -2.28. The van der Waals surface area contributed by atoms with E-state index in [1.54, 1.807) is 0 Å². The van der Waals surface area contributed by atoms with Gasteiger partial charge in [-0.05, 0) is 62.4 Å². The zero-order valence-corrected chi connectivity index (χ0v) is 16.5. The maximum atomic E-state index is 5.96. The SMILES string of the molecule is Clc1ccc(CCN[C@H]2CC[C@H](C3=C4c5cc[nH]c5N=CN4NN3)CC2)cc1. The number of aromatic nitrogens is 1. The number of allylic oxidation sites excluding steroid dienone is 1. The average Bonchev–Trinajstić information content (AvgIpc) is 3.36. The summed E-state index contributed by atoms with van der Waals surface area (Å²) in [4.78, 5) is 7.65. The van der Waals surface area contributed by atoms with E-state index in [0.717, 1.165) is 23.8 Å². The minimum absolute atomic E-state index is 0.552. The highest BCUT2D eigenvalue weighted by atomic mass is 35.5. The summed E-state index contributed by atoms with van der Waals surface area (Å²) in [6, 6.07) is 10.9. The summed E-state index contributed by atoms with van der Waals surface area (Å²) in [6.45, 7) is 1.02. The molecule has 0 spiro atoms. The fourth-order valence-electron chi connectivity index (χ4n) is 4.45. The van der Waals surface area contributed by atoms with Crippen molar-refractivity contribution < 1.29 is 0 Å². The fourth-order valence-corrected chi connectivity index (χ4v) is 4.58. The molecule has 2 aliphatic heterocycles. The molecule has 1 aliphatic carbocycles. The van der Waals surface area contributed by atoms with Crippen LogP contribution in [0.4, 0.5) is 5.82 Å². The highest BCUT2D eigenvalue weighted by molar-refractivity contribution is 6.30. The lowest BCUT2D eigenvalue weighted by molar-refractivity contribution is 0.307. The van der Waals surface area contributed by atoms with Crippen molar-refractivity contribution >= 4 is 29.5 Å². The molecule has 1 aromatic heterocycles. The summed E-state index contributed by atoms with van der Waals surface area (Å²) in [7, 11) is 0. The molecule has 5 rings (SSSR count). The van der Waals surface area contributed by atoms with Gasteiger partial charge < -0.3 is 15.7 Å². The first kappa shape index (κ1) is 17.8. The first-order valence-corrected chi connectivity index (χ1v) is 10.4. The predicted molar refractivity (Wildman–Crippen MR) is 113 cm³/mol. The number of nitrogens with one attached hydrogen (secondary N) is 4. The van der Waals surface area contributed by atoms with Gasteiger partial charge in [0.05, 0.1) is 11.4 Å². The van der Waals surface area contributed by atoms with Crippen molar-refractivity contribution in [1.82, 2.24) is 26.3 Å². The van der Waals surface area contributed by atoms with Gasteiger partial charge in [0.15, 0.2) is 0 Å². The van der Waals surface area contributed by atoms with Crippen LogP contribution in [-0.4, -0.2) is 28.9 Å². The molecule has 146 valence electrons. The summed E-state index contributed by atoms with van der Waals surface area (Å²) in [5.41, 5.74) is 11.6. The molecule has 1 fully saturated rings. The van der Waals surface area contributed by atoms with Crippen molar-refractivity contribution in [1.29, 1.82) is 0 Å². The summed E-state index contributed by atoms with van der Waals surface area (Å²) in [5.74, 6) is 1.49. The summed E-state index contributed by atoms with van der Waals surface area (Å²) >= 11 is 5.96. The van der Waals surface area contributed by atoms with E-state index in [1.807, 2.05) is 29.7 Å². The van der Waals surface area contributed by atoms with Crippen LogP contribution in [0.1, 0.15) is 36.8 Å². The highest BCUT2D eigenvalue weighted by Gasteiger charge is 2.33. The summed E-state index contributed by atoms with van der Waals surface area (Å²) in [5, 5.41) is 6.53. The molecule has 7 heteroatoms. The van der Waals surface area contributed by atoms with Crippen LogP contribution < -0.4 is 16.3 Å². The standard InChI is InChI=1S/C21H25ClN6/c22-16-5-1-14(2-6-16)9-11-23-17-7-3-15(4-8-17)19-20-18-10-12-24-21(18)25-13-28(20)27-26-19/h1-2,5-6,10,12-13,15,17,23-24,26-27H,3-4,7-9,11H2/t15-,17-. The number of nitrogens with zero attached hydrogens (tertiary/aromatic N) is 2. The number of aliphatic imine (C=N–C) groups is 1. The van der Waals surface area contributed by atoms with Gasteiger partial charge in [-0.3, -0.25) is 0 Å². The Morgan fingerprint density at radius 2 is 1.93 bits per heavy atom. The molecule has 0 unspecified atom stereocenters. The van der Waals surface area contributed by atoms with E-state index < -0.39 is 0 Å². The Balaban J connectivity index is 1.17. The van der Waals surface area contributed by atoms with Crippen molar-refractivity contribution in [2.24, 2.45) is 10.9 Å². The minimum atomic E-state index is 0.552. The molecule has 3 heterocycles. The van der Waals surface area contributed by atoms with Crippen LogP contribution in [-0.2, 0) is 6.42 Å². The first-order chi connectivity index (χ1) is 13.8. The maximum absolute atomic E-state index is 5.96. The van der Waals surface area contributed by atoms with E-state index in [1.165, 1.54) is 48.2 Å². The molecule has 0 radical (unpaired) electrons. The van der Waals surface area contributed by atoms with Crippen LogP contribution in [0.25, 0.3) is 5.70 Å². The van der Waals surface area contributed by atoms with Gasteiger partial charge in [-0.15, -0.1) is 5.53 Å². The van der Waals surface area contributed by atoms with Crippen molar-refractivity contribution in [3.05, 3.63) is 58.4 Å². The van der Waals surface area contributed by atoms with Gasteiger partial charge in [0.1, 0.15) is 12.2 Å². The average molecular weight is 397 g/mol. The topological polar surface area (TPSA) is 67.5 Å². The van der Waals surface area contributed by atoms with Crippen molar-refractivity contribution in [2.75, 3.05) is 6.54 Å². The van der Waals surface area contributed by atoms with E-state index in [0.29, 0.717) is 12.0 Å². The number of fused-ring (bicyclic) bond motifs is 3. The van der Waals surface area contributed by atoms with Crippen molar-refractivity contribution in [3.8, 4) is 0 Å². The van der Waals surface area contributed by atoms with Gasteiger partial charge in [-0.25, -0.2) is 10.0 Å². The normalized spacial score (nSPS) is 23.5. The third-order valence-electron chi connectivity index (χ3n) is 5.99. The molecule has 0 amide bonds. The Labute approximate surface area is 170 Å². The number of rotatable bonds is 5. The van der Waals surface area contributed by atoms with Crippen LogP contribution in [0.3, 0.4) is 0 Å². The minimum Gasteiger partial charge on any atom is -0.346 e. The van der Waals surface area contributed by atoms with Crippen molar-refractivity contribution in [3.63, 3.8) is 0 Å². The molecule has 0 bridgehead atoms. The Morgan fingerprint density at radius 1 is 1.11 bits per heavy atom. The molecule has 0 saturated heterocycles. The van der Waals surface area contributed by atoms with E-state index in [4.69, 9.17) is 11.6 Å².